The van der Waals surface area contributed by atoms with Crippen LogP contribution in [0.5, 0.6) is 11.5 Å². The van der Waals surface area contributed by atoms with Gasteiger partial charge in [-0.15, -0.1) is 6.58 Å². The van der Waals surface area contributed by atoms with Gasteiger partial charge in [-0.25, -0.2) is 4.39 Å². The third kappa shape index (κ3) is 4.43. The molecule has 144 valence electrons. The summed E-state index contributed by atoms with van der Waals surface area (Å²) < 4.78 is 25.4. The van der Waals surface area contributed by atoms with E-state index in [0.717, 1.165) is 5.56 Å². The number of methoxy groups -OCH3 is 1. The highest BCUT2D eigenvalue weighted by molar-refractivity contribution is 8.26. The number of hydrogen-bond donors (Lipinski definition) is 0. The molecule has 4 nitrogen and oxygen atoms in total. The molecule has 28 heavy (non-hydrogen) atoms. The van der Waals surface area contributed by atoms with Gasteiger partial charge in [0.2, 0.25) is 0 Å². The number of carbonyl (C=O) groups excluding carboxylic acids is 1. The topological polar surface area (TPSA) is 38.8 Å². The van der Waals surface area contributed by atoms with Crippen LogP contribution in [0.15, 0.2) is 60.0 Å². The molecule has 0 spiro atoms. The molecule has 1 amide bonds. The maximum atomic E-state index is 13.7. The molecular weight excluding hydrogens is 397 g/mol. The van der Waals surface area contributed by atoms with Crippen molar-refractivity contribution in [1.29, 1.82) is 0 Å². The third-order valence-electron chi connectivity index (χ3n) is 4.01. The van der Waals surface area contributed by atoms with Crippen molar-refractivity contribution in [2.45, 2.75) is 6.61 Å². The first kappa shape index (κ1) is 20.1. The van der Waals surface area contributed by atoms with Crippen LogP contribution in [0.2, 0.25) is 0 Å². The zero-order valence-electron chi connectivity index (χ0n) is 15.2. The molecule has 0 aliphatic carbocycles. The molecule has 0 aromatic heterocycles. The lowest BCUT2D eigenvalue weighted by Crippen LogP contribution is -2.27. The molecule has 0 N–H and O–H groups in total. The summed E-state index contributed by atoms with van der Waals surface area (Å²) in [5, 5.41) is 0. The van der Waals surface area contributed by atoms with E-state index in [1.165, 1.54) is 29.8 Å². The fourth-order valence-corrected chi connectivity index (χ4v) is 3.88. The van der Waals surface area contributed by atoms with Crippen LogP contribution in [0, 0.1) is 5.82 Å². The van der Waals surface area contributed by atoms with Crippen LogP contribution in [0.4, 0.5) is 4.39 Å². The number of carbonyl (C=O) groups is 1. The van der Waals surface area contributed by atoms with Crippen LogP contribution >= 0.6 is 24.0 Å². The highest BCUT2D eigenvalue weighted by atomic mass is 32.2. The third-order valence-corrected chi connectivity index (χ3v) is 5.39. The monoisotopic (exact) mass is 415 g/mol. The van der Waals surface area contributed by atoms with Crippen molar-refractivity contribution < 1.29 is 18.7 Å². The first-order chi connectivity index (χ1) is 13.5. The lowest BCUT2D eigenvalue weighted by atomic mass is 10.1. The van der Waals surface area contributed by atoms with Gasteiger partial charge in [0.05, 0.1) is 12.0 Å². The Kier molecular flexibility index (Phi) is 6.49. The SMILES string of the molecule is C=CCN1C(=O)/C(=C/c2ccc(OCc3ccccc3F)c(OC)c2)SC1=S. The lowest BCUT2D eigenvalue weighted by Gasteiger charge is -2.12. The molecule has 1 aliphatic heterocycles. The van der Waals surface area contributed by atoms with Crippen molar-refractivity contribution in [3.05, 3.63) is 77.0 Å². The number of benzene rings is 2. The molecule has 0 bridgehead atoms. The number of ether oxygens (including phenoxy) is 2. The van der Waals surface area contributed by atoms with Crippen molar-refractivity contribution in [2.75, 3.05) is 13.7 Å². The summed E-state index contributed by atoms with van der Waals surface area (Å²) in [6, 6.07) is 11.7. The standard InChI is InChI=1S/C21H18FNO3S2/c1-3-10-23-20(24)19(28-21(23)27)12-14-8-9-17(18(11-14)25-2)26-13-15-6-4-5-7-16(15)22/h3-9,11-12H,1,10,13H2,2H3/b19-12-. The summed E-state index contributed by atoms with van der Waals surface area (Å²) in [6.45, 7) is 4.11. The number of halogens is 1. The van der Waals surface area contributed by atoms with Crippen LogP contribution in [0.1, 0.15) is 11.1 Å². The summed E-state index contributed by atoms with van der Waals surface area (Å²) in [4.78, 5) is 14.5. The van der Waals surface area contributed by atoms with Gasteiger partial charge in [-0.05, 0) is 29.8 Å². The maximum Gasteiger partial charge on any atom is 0.266 e. The van der Waals surface area contributed by atoms with Crippen LogP contribution in [0.3, 0.4) is 0 Å². The van der Waals surface area contributed by atoms with E-state index < -0.39 is 0 Å². The van der Waals surface area contributed by atoms with Gasteiger partial charge < -0.3 is 9.47 Å². The van der Waals surface area contributed by atoms with Crippen LogP contribution in [0.25, 0.3) is 6.08 Å². The number of hydrogen-bond acceptors (Lipinski definition) is 5. The fraction of sp³-hybridized carbons (Fsp3) is 0.143. The predicted molar refractivity (Wildman–Crippen MR) is 114 cm³/mol. The number of thiocarbonyl (C=S) groups is 1. The molecule has 0 saturated carbocycles. The maximum absolute atomic E-state index is 13.7. The Bertz CT molecular complexity index is 958. The largest absolute Gasteiger partial charge is 0.493 e. The average molecular weight is 416 g/mol. The first-order valence-corrected chi connectivity index (χ1v) is 9.66. The van der Waals surface area contributed by atoms with Gasteiger partial charge in [-0.3, -0.25) is 9.69 Å². The smallest absolute Gasteiger partial charge is 0.266 e. The predicted octanol–water partition coefficient (Wildman–Crippen LogP) is 4.80. The number of rotatable bonds is 7. The van der Waals surface area contributed by atoms with E-state index in [4.69, 9.17) is 21.7 Å². The quantitative estimate of drug-likeness (QED) is 0.369. The molecule has 1 saturated heterocycles. The lowest BCUT2D eigenvalue weighted by molar-refractivity contribution is -0.121. The van der Waals surface area contributed by atoms with E-state index in [-0.39, 0.29) is 18.3 Å². The molecular formula is C21H18FNO3S2. The fourth-order valence-electron chi connectivity index (χ4n) is 2.60. The van der Waals surface area contributed by atoms with Crippen LogP contribution in [-0.4, -0.2) is 28.8 Å². The van der Waals surface area contributed by atoms with E-state index in [2.05, 4.69) is 6.58 Å². The van der Waals surface area contributed by atoms with E-state index in [0.29, 0.717) is 32.8 Å². The Morgan fingerprint density at radius 2 is 2.04 bits per heavy atom. The molecule has 2 aromatic rings. The number of thioether (sulfide) groups is 1. The van der Waals surface area contributed by atoms with Crippen LogP contribution < -0.4 is 9.47 Å². The second kappa shape index (κ2) is 9.03. The first-order valence-electron chi connectivity index (χ1n) is 8.44. The highest BCUT2D eigenvalue weighted by Gasteiger charge is 2.31. The molecule has 0 radical (unpaired) electrons. The molecule has 0 unspecified atom stereocenters. The molecule has 1 heterocycles. The van der Waals surface area contributed by atoms with Gasteiger partial charge in [-0.1, -0.05) is 54.3 Å². The second-order valence-corrected chi connectivity index (χ2v) is 7.55. The Balaban J connectivity index is 1.78. The van der Waals surface area contributed by atoms with Crippen molar-refractivity contribution in [2.24, 2.45) is 0 Å². The average Bonchev–Trinajstić information content (AvgIpc) is 2.95. The van der Waals surface area contributed by atoms with Gasteiger partial charge in [0.25, 0.3) is 5.91 Å². The van der Waals surface area contributed by atoms with Gasteiger partial charge in [0.1, 0.15) is 16.7 Å². The van der Waals surface area contributed by atoms with Crippen molar-refractivity contribution >= 4 is 40.3 Å². The molecule has 3 rings (SSSR count). The number of nitrogens with zero attached hydrogens (tertiary/aromatic N) is 1. The van der Waals surface area contributed by atoms with E-state index in [1.54, 1.807) is 48.6 Å². The zero-order valence-corrected chi connectivity index (χ0v) is 16.8. The Morgan fingerprint density at radius 3 is 2.75 bits per heavy atom. The Morgan fingerprint density at radius 1 is 1.25 bits per heavy atom. The van der Waals surface area contributed by atoms with Crippen molar-refractivity contribution in [3.63, 3.8) is 0 Å². The van der Waals surface area contributed by atoms with E-state index >= 15 is 0 Å². The van der Waals surface area contributed by atoms with Crippen molar-refractivity contribution in [1.82, 2.24) is 4.90 Å². The Labute approximate surface area is 172 Å². The number of amides is 1. The van der Waals surface area contributed by atoms with Gasteiger partial charge in [-0.2, -0.15) is 0 Å². The van der Waals surface area contributed by atoms with Gasteiger partial charge >= 0.3 is 0 Å². The Hall–Kier alpha value is -2.64. The van der Waals surface area contributed by atoms with Crippen molar-refractivity contribution in [3.8, 4) is 11.5 Å². The minimum absolute atomic E-state index is 0.0859. The summed E-state index contributed by atoms with van der Waals surface area (Å²) in [5.74, 6) is 0.516. The summed E-state index contributed by atoms with van der Waals surface area (Å²) >= 11 is 6.49. The highest BCUT2D eigenvalue weighted by Crippen LogP contribution is 2.35. The molecule has 1 aliphatic rings. The van der Waals surface area contributed by atoms with E-state index in [9.17, 15) is 9.18 Å². The summed E-state index contributed by atoms with van der Waals surface area (Å²) in [7, 11) is 1.53. The molecule has 0 atom stereocenters. The van der Waals surface area contributed by atoms with Crippen LogP contribution in [-0.2, 0) is 11.4 Å². The van der Waals surface area contributed by atoms with Gasteiger partial charge in [0.15, 0.2) is 11.5 Å². The minimum Gasteiger partial charge on any atom is -0.493 e. The summed E-state index contributed by atoms with van der Waals surface area (Å²) in [6.07, 6.45) is 3.39. The molecule has 2 aromatic carbocycles. The van der Waals surface area contributed by atoms with E-state index in [1.807, 2.05) is 0 Å². The zero-order chi connectivity index (χ0) is 20.1. The second-order valence-electron chi connectivity index (χ2n) is 5.87. The van der Waals surface area contributed by atoms with Gasteiger partial charge in [0, 0.05) is 12.1 Å². The normalized spacial score (nSPS) is 15.2. The molecule has 7 heteroatoms. The molecule has 1 fully saturated rings. The summed E-state index contributed by atoms with van der Waals surface area (Å²) in [5.41, 5.74) is 1.23. The minimum atomic E-state index is -0.320.